The standard InChI is InChI=1S/C28H50O4/c1-27(29-23-15-7-3-8-16-23,30-24-17-9-4-10-18-24)28(2,31-25-19-11-5-12-20-25)32-26-21-13-6-14-22-26/h23-26H,3-22H2,1-2H3. The summed E-state index contributed by atoms with van der Waals surface area (Å²) in [5, 5.41) is 0. The molecule has 32 heavy (non-hydrogen) atoms. The van der Waals surface area contributed by atoms with Crippen molar-refractivity contribution < 1.29 is 18.9 Å². The molecule has 0 N–H and O–H groups in total. The molecule has 4 nitrogen and oxygen atoms in total. The maximum absolute atomic E-state index is 6.96. The largest absolute Gasteiger partial charge is 0.342 e. The lowest BCUT2D eigenvalue weighted by Gasteiger charge is -2.51. The fourth-order valence-electron chi connectivity index (χ4n) is 6.49. The van der Waals surface area contributed by atoms with Gasteiger partial charge in [0, 0.05) is 0 Å². The highest BCUT2D eigenvalue weighted by Crippen LogP contribution is 2.43. The minimum atomic E-state index is -0.869. The van der Waals surface area contributed by atoms with Crippen LogP contribution in [0.4, 0.5) is 0 Å². The van der Waals surface area contributed by atoms with Gasteiger partial charge in [-0.05, 0) is 65.2 Å². The molecule has 4 fully saturated rings. The molecule has 4 saturated carbocycles. The quantitative estimate of drug-likeness (QED) is 0.336. The number of hydrogen-bond acceptors (Lipinski definition) is 4. The molecule has 0 atom stereocenters. The first-order valence-electron chi connectivity index (χ1n) is 14.3. The van der Waals surface area contributed by atoms with Gasteiger partial charge in [0.15, 0.2) is 0 Å². The summed E-state index contributed by atoms with van der Waals surface area (Å²) in [7, 11) is 0. The van der Waals surface area contributed by atoms with Crippen LogP contribution < -0.4 is 0 Å². The zero-order valence-corrected chi connectivity index (χ0v) is 21.1. The SMILES string of the molecule is CC(OC1CCCCC1)(OC1CCCCC1)C(C)(OC1CCCCC1)OC1CCCCC1. The van der Waals surface area contributed by atoms with E-state index in [9.17, 15) is 0 Å². The molecule has 0 heterocycles. The van der Waals surface area contributed by atoms with Crippen LogP contribution in [0.2, 0.25) is 0 Å². The molecule has 186 valence electrons. The fourth-order valence-corrected chi connectivity index (χ4v) is 6.49. The predicted molar refractivity (Wildman–Crippen MR) is 129 cm³/mol. The molecule has 0 saturated heterocycles. The van der Waals surface area contributed by atoms with E-state index in [2.05, 4.69) is 13.8 Å². The number of rotatable bonds is 9. The topological polar surface area (TPSA) is 36.9 Å². The van der Waals surface area contributed by atoms with Gasteiger partial charge in [-0.3, -0.25) is 0 Å². The summed E-state index contributed by atoms with van der Waals surface area (Å²) in [5.41, 5.74) is 0. The van der Waals surface area contributed by atoms with Crippen molar-refractivity contribution in [2.45, 2.75) is 178 Å². The summed E-state index contributed by atoms with van der Waals surface area (Å²) in [4.78, 5) is 0. The Kier molecular flexibility index (Phi) is 9.35. The van der Waals surface area contributed by atoms with Gasteiger partial charge in [-0.2, -0.15) is 0 Å². The Morgan fingerprint density at radius 1 is 0.344 bits per heavy atom. The van der Waals surface area contributed by atoms with Gasteiger partial charge >= 0.3 is 0 Å². The van der Waals surface area contributed by atoms with Crippen LogP contribution in [-0.4, -0.2) is 36.0 Å². The molecular weight excluding hydrogens is 400 g/mol. The first kappa shape index (κ1) is 24.9. The van der Waals surface area contributed by atoms with Crippen molar-refractivity contribution in [2.75, 3.05) is 0 Å². The molecule has 0 aromatic carbocycles. The number of hydrogen-bond donors (Lipinski definition) is 0. The second kappa shape index (κ2) is 12.0. The summed E-state index contributed by atoms with van der Waals surface area (Å²) >= 11 is 0. The Labute approximate surface area is 197 Å². The zero-order chi connectivity index (χ0) is 22.3. The summed E-state index contributed by atoms with van der Waals surface area (Å²) in [6.45, 7) is 4.31. The molecule has 0 bridgehead atoms. The van der Waals surface area contributed by atoms with E-state index in [0.717, 1.165) is 51.4 Å². The van der Waals surface area contributed by atoms with Crippen molar-refractivity contribution in [3.63, 3.8) is 0 Å². The lowest BCUT2D eigenvalue weighted by Crippen LogP contribution is -2.62. The highest BCUT2D eigenvalue weighted by atomic mass is 16.8. The summed E-state index contributed by atoms with van der Waals surface area (Å²) in [6, 6.07) is 0. The van der Waals surface area contributed by atoms with Gasteiger partial charge < -0.3 is 18.9 Å². The second-order valence-corrected chi connectivity index (χ2v) is 11.4. The first-order valence-corrected chi connectivity index (χ1v) is 14.3. The normalized spacial score (nSPS) is 26.4. The number of ether oxygens (including phenoxy) is 4. The third-order valence-electron chi connectivity index (χ3n) is 8.60. The Morgan fingerprint density at radius 2 is 0.531 bits per heavy atom. The smallest absolute Gasteiger partial charge is 0.221 e. The van der Waals surface area contributed by atoms with E-state index in [1.807, 2.05) is 0 Å². The molecule has 0 aromatic rings. The van der Waals surface area contributed by atoms with Crippen molar-refractivity contribution >= 4 is 0 Å². The maximum Gasteiger partial charge on any atom is 0.221 e. The van der Waals surface area contributed by atoms with Crippen LogP contribution in [0.5, 0.6) is 0 Å². The van der Waals surface area contributed by atoms with E-state index in [-0.39, 0.29) is 24.4 Å². The minimum absolute atomic E-state index is 0.251. The molecule has 0 spiro atoms. The molecule has 0 radical (unpaired) electrons. The van der Waals surface area contributed by atoms with Gasteiger partial charge in [0.1, 0.15) is 0 Å². The van der Waals surface area contributed by atoms with E-state index in [1.165, 1.54) is 77.0 Å². The summed E-state index contributed by atoms with van der Waals surface area (Å²) in [5.74, 6) is -1.74. The van der Waals surface area contributed by atoms with Crippen molar-refractivity contribution in [1.29, 1.82) is 0 Å². The minimum Gasteiger partial charge on any atom is -0.342 e. The molecule has 0 unspecified atom stereocenters. The Balaban J connectivity index is 1.57. The van der Waals surface area contributed by atoms with Crippen LogP contribution in [0.3, 0.4) is 0 Å². The average Bonchev–Trinajstić information content (AvgIpc) is 2.81. The summed E-state index contributed by atoms with van der Waals surface area (Å²) < 4.78 is 27.8. The van der Waals surface area contributed by atoms with Crippen LogP contribution in [0, 0.1) is 0 Å². The molecule has 0 aromatic heterocycles. The predicted octanol–water partition coefficient (Wildman–Crippen LogP) is 7.82. The highest BCUT2D eigenvalue weighted by molar-refractivity contribution is 4.89. The summed E-state index contributed by atoms with van der Waals surface area (Å²) in [6.07, 6.45) is 25.4. The third-order valence-corrected chi connectivity index (χ3v) is 8.60. The van der Waals surface area contributed by atoms with E-state index in [4.69, 9.17) is 18.9 Å². The highest BCUT2D eigenvalue weighted by Gasteiger charge is 2.54. The van der Waals surface area contributed by atoms with Crippen molar-refractivity contribution in [2.24, 2.45) is 0 Å². The third kappa shape index (κ3) is 6.71. The van der Waals surface area contributed by atoms with Crippen LogP contribution in [-0.2, 0) is 18.9 Å². The Bertz CT molecular complexity index is 438. The Hall–Kier alpha value is -0.160. The molecule has 4 rings (SSSR count). The molecule has 4 heteroatoms. The molecule has 0 aliphatic heterocycles. The van der Waals surface area contributed by atoms with Gasteiger partial charge in [0.25, 0.3) is 0 Å². The lowest BCUT2D eigenvalue weighted by molar-refractivity contribution is -0.433. The van der Waals surface area contributed by atoms with Gasteiger partial charge in [-0.25, -0.2) is 0 Å². The van der Waals surface area contributed by atoms with Crippen LogP contribution in [0.15, 0.2) is 0 Å². The maximum atomic E-state index is 6.96. The fraction of sp³-hybridized carbons (Fsp3) is 1.00. The van der Waals surface area contributed by atoms with Gasteiger partial charge in [-0.15, -0.1) is 0 Å². The van der Waals surface area contributed by atoms with Gasteiger partial charge in [0.2, 0.25) is 11.6 Å². The van der Waals surface area contributed by atoms with E-state index >= 15 is 0 Å². The first-order chi connectivity index (χ1) is 15.6. The zero-order valence-electron chi connectivity index (χ0n) is 21.1. The molecule has 0 amide bonds. The van der Waals surface area contributed by atoms with Crippen molar-refractivity contribution in [3.05, 3.63) is 0 Å². The van der Waals surface area contributed by atoms with Crippen LogP contribution in [0.1, 0.15) is 142 Å². The van der Waals surface area contributed by atoms with Gasteiger partial charge in [-0.1, -0.05) is 77.0 Å². The second-order valence-electron chi connectivity index (χ2n) is 11.4. The van der Waals surface area contributed by atoms with Gasteiger partial charge in [0.05, 0.1) is 24.4 Å². The van der Waals surface area contributed by atoms with Crippen LogP contribution >= 0.6 is 0 Å². The van der Waals surface area contributed by atoms with Crippen molar-refractivity contribution in [1.82, 2.24) is 0 Å². The van der Waals surface area contributed by atoms with Crippen LogP contribution in [0.25, 0.3) is 0 Å². The average molecular weight is 451 g/mol. The van der Waals surface area contributed by atoms with Crippen molar-refractivity contribution in [3.8, 4) is 0 Å². The molecule has 4 aliphatic rings. The lowest BCUT2D eigenvalue weighted by atomic mass is 9.94. The Morgan fingerprint density at radius 3 is 0.719 bits per heavy atom. The van der Waals surface area contributed by atoms with E-state index in [1.54, 1.807) is 0 Å². The molecular formula is C28H50O4. The van der Waals surface area contributed by atoms with E-state index in [0.29, 0.717) is 0 Å². The molecule has 4 aliphatic carbocycles. The van der Waals surface area contributed by atoms with E-state index < -0.39 is 11.6 Å². The monoisotopic (exact) mass is 450 g/mol.